The number of hydrogen-bond acceptors (Lipinski definition) is 3. The first kappa shape index (κ1) is 17.4. The van der Waals surface area contributed by atoms with Crippen LogP contribution in [0.4, 0.5) is 4.39 Å². The number of nitrogens with one attached hydrogen (secondary N) is 1. The molecule has 0 aliphatic carbocycles. The Bertz CT molecular complexity index is 552. The number of aliphatic carboxylic acids is 1. The molecule has 1 amide bonds. The lowest BCUT2D eigenvalue weighted by Crippen LogP contribution is -2.47. The molecule has 0 saturated carbocycles. The van der Waals surface area contributed by atoms with Crippen LogP contribution in [0.15, 0.2) is 24.3 Å². The number of benzene rings is 1. The highest BCUT2D eigenvalue weighted by atomic mass is 19.1. The van der Waals surface area contributed by atoms with Crippen LogP contribution in [-0.4, -0.2) is 36.7 Å². The smallest absolute Gasteiger partial charge is 0.311 e. The maximum absolute atomic E-state index is 13.0. The van der Waals surface area contributed by atoms with Gasteiger partial charge in [-0.3, -0.25) is 9.59 Å². The molecule has 1 fully saturated rings. The van der Waals surface area contributed by atoms with Crippen molar-refractivity contribution < 1.29 is 23.8 Å². The van der Waals surface area contributed by atoms with Crippen LogP contribution in [0, 0.1) is 11.2 Å². The molecule has 0 bridgehead atoms. The number of carboxylic acids is 1. The number of ether oxygens (including phenoxy) is 1. The summed E-state index contributed by atoms with van der Waals surface area (Å²) in [5.74, 6) is -1.90. The van der Waals surface area contributed by atoms with Crippen molar-refractivity contribution in [1.82, 2.24) is 5.32 Å². The first-order chi connectivity index (χ1) is 11.0. The van der Waals surface area contributed by atoms with Crippen LogP contribution in [0.25, 0.3) is 0 Å². The van der Waals surface area contributed by atoms with E-state index in [9.17, 15) is 19.1 Å². The molecule has 126 valence electrons. The van der Waals surface area contributed by atoms with Crippen molar-refractivity contribution >= 4 is 11.9 Å². The molecule has 0 spiro atoms. The lowest BCUT2D eigenvalue weighted by molar-refractivity contribution is -0.154. The summed E-state index contributed by atoms with van der Waals surface area (Å²) in [6.07, 6.45) is 1.33. The van der Waals surface area contributed by atoms with Gasteiger partial charge in [-0.05, 0) is 37.0 Å². The topological polar surface area (TPSA) is 75.6 Å². The van der Waals surface area contributed by atoms with E-state index in [2.05, 4.69) is 5.32 Å². The first-order valence-electron chi connectivity index (χ1n) is 7.83. The van der Waals surface area contributed by atoms with Gasteiger partial charge in [-0.2, -0.15) is 0 Å². The maximum atomic E-state index is 13.0. The summed E-state index contributed by atoms with van der Waals surface area (Å²) >= 11 is 0. The van der Waals surface area contributed by atoms with Crippen LogP contribution in [0.2, 0.25) is 0 Å². The first-order valence-corrected chi connectivity index (χ1v) is 7.83. The molecule has 1 aromatic rings. The summed E-state index contributed by atoms with van der Waals surface area (Å²) in [7, 11) is 0. The Morgan fingerprint density at radius 1 is 1.30 bits per heavy atom. The van der Waals surface area contributed by atoms with Crippen LogP contribution in [-0.2, 0) is 14.3 Å². The molecule has 1 aliphatic heterocycles. The third kappa shape index (κ3) is 4.07. The van der Waals surface area contributed by atoms with E-state index in [1.165, 1.54) is 12.1 Å². The van der Waals surface area contributed by atoms with Gasteiger partial charge in [0.2, 0.25) is 5.91 Å². The number of carbonyl (C=O) groups excluding carboxylic acids is 1. The highest BCUT2D eigenvalue weighted by Crippen LogP contribution is 2.30. The van der Waals surface area contributed by atoms with Crippen molar-refractivity contribution in [1.29, 1.82) is 0 Å². The molecule has 1 unspecified atom stereocenters. The minimum atomic E-state index is -0.963. The monoisotopic (exact) mass is 323 g/mol. The number of halogens is 1. The van der Waals surface area contributed by atoms with E-state index in [1.54, 1.807) is 12.1 Å². The normalized spacial score (nSPS) is 18.2. The lowest BCUT2D eigenvalue weighted by Gasteiger charge is -2.33. The SMILES string of the molecule is CCC(C(=O)NCC1(C(=O)O)CCOCC1)c1ccc(F)cc1. The molecule has 2 rings (SSSR count). The third-order valence-electron chi connectivity index (χ3n) is 4.50. The van der Waals surface area contributed by atoms with E-state index in [-0.39, 0.29) is 18.3 Å². The molecule has 6 heteroatoms. The molecule has 1 saturated heterocycles. The Hall–Kier alpha value is -1.95. The Morgan fingerprint density at radius 2 is 1.91 bits per heavy atom. The number of carbonyl (C=O) groups is 2. The molecule has 5 nitrogen and oxygen atoms in total. The molecule has 2 N–H and O–H groups in total. The summed E-state index contributed by atoms with van der Waals surface area (Å²) in [4.78, 5) is 24.0. The summed E-state index contributed by atoms with van der Waals surface area (Å²) in [5, 5.41) is 12.3. The molecule has 0 aromatic heterocycles. The molecule has 1 atom stereocenters. The van der Waals surface area contributed by atoms with Crippen molar-refractivity contribution in [2.75, 3.05) is 19.8 Å². The summed E-state index contributed by atoms with van der Waals surface area (Å²) in [6.45, 7) is 2.73. The van der Waals surface area contributed by atoms with E-state index < -0.39 is 17.3 Å². The summed E-state index contributed by atoms with van der Waals surface area (Å²) in [6, 6.07) is 5.82. The number of hydrogen-bond donors (Lipinski definition) is 2. The quantitative estimate of drug-likeness (QED) is 0.842. The van der Waals surface area contributed by atoms with E-state index in [1.807, 2.05) is 6.92 Å². The highest BCUT2D eigenvalue weighted by Gasteiger charge is 2.40. The summed E-state index contributed by atoms with van der Waals surface area (Å²) < 4.78 is 18.2. The van der Waals surface area contributed by atoms with Crippen LogP contribution >= 0.6 is 0 Å². The van der Waals surface area contributed by atoms with Gasteiger partial charge in [0.25, 0.3) is 0 Å². The molecule has 1 aliphatic rings. The largest absolute Gasteiger partial charge is 0.481 e. The second kappa shape index (κ2) is 7.55. The van der Waals surface area contributed by atoms with Crippen molar-refractivity contribution in [3.63, 3.8) is 0 Å². The van der Waals surface area contributed by atoms with E-state index in [4.69, 9.17) is 4.74 Å². The van der Waals surface area contributed by atoms with Crippen molar-refractivity contribution in [3.8, 4) is 0 Å². The number of carboxylic acid groups (broad SMARTS) is 1. The average Bonchev–Trinajstić information content (AvgIpc) is 2.56. The Labute approximate surface area is 134 Å². The highest BCUT2D eigenvalue weighted by molar-refractivity contribution is 5.84. The van der Waals surface area contributed by atoms with Gasteiger partial charge in [-0.1, -0.05) is 19.1 Å². The van der Waals surface area contributed by atoms with Gasteiger partial charge < -0.3 is 15.2 Å². The van der Waals surface area contributed by atoms with Crippen molar-refractivity contribution in [3.05, 3.63) is 35.6 Å². The van der Waals surface area contributed by atoms with Gasteiger partial charge in [0.15, 0.2) is 0 Å². The van der Waals surface area contributed by atoms with Gasteiger partial charge >= 0.3 is 5.97 Å². The fourth-order valence-corrected chi connectivity index (χ4v) is 2.88. The van der Waals surface area contributed by atoms with E-state index in [0.29, 0.717) is 32.5 Å². The zero-order chi connectivity index (χ0) is 16.9. The second-order valence-corrected chi connectivity index (χ2v) is 5.93. The van der Waals surface area contributed by atoms with Crippen molar-refractivity contribution in [2.24, 2.45) is 5.41 Å². The lowest BCUT2D eigenvalue weighted by atomic mass is 9.80. The predicted molar refractivity (Wildman–Crippen MR) is 82.6 cm³/mol. The standard InChI is InChI=1S/C17H22FNO4/c1-2-14(12-3-5-13(18)6-4-12)15(20)19-11-17(16(21)22)7-9-23-10-8-17/h3-6,14H,2,7-11H2,1H3,(H,19,20)(H,21,22). The fourth-order valence-electron chi connectivity index (χ4n) is 2.88. The van der Waals surface area contributed by atoms with Gasteiger partial charge in [-0.15, -0.1) is 0 Å². The predicted octanol–water partition coefficient (Wildman–Crippen LogP) is 2.32. The molecule has 1 aromatic carbocycles. The Kier molecular flexibility index (Phi) is 5.71. The van der Waals surface area contributed by atoms with Gasteiger partial charge in [0, 0.05) is 19.8 Å². The van der Waals surface area contributed by atoms with E-state index in [0.717, 1.165) is 5.56 Å². The molecular weight excluding hydrogens is 301 g/mol. The third-order valence-corrected chi connectivity index (χ3v) is 4.50. The molecule has 0 radical (unpaired) electrons. The Balaban J connectivity index is 2.04. The van der Waals surface area contributed by atoms with Gasteiger partial charge in [0.1, 0.15) is 5.82 Å². The zero-order valence-electron chi connectivity index (χ0n) is 13.2. The van der Waals surface area contributed by atoms with Gasteiger partial charge in [-0.25, -0.2) is 4.39 Å². The maximum Gasteiger partial charge on any atom is 0.311 e. The van der Waals surface area contributed by atoms with Crippen LogP contribution < -0.4 is 5.32 Å². The van der Waals surface area contributed by atoms with E-state index >= 15 is 0 Å². The Morgan fingerprint density at radius 3 is 2.43 bits per heavy atom. The summed E-state index contributed by atoms with van der Waals surface area (Å²) in [5.41, 5.74) is -0.239. The second-order valence-electron chi connectivity index (χ2n) is 5.93. The average molecular weight is 323 g/mol. The van der Waals surface area contributed by atoms with Crippen LogP contribution in [0.5, 0.6) is 0 Å². The van der Waals surface area contributed by atoms with Crippen LogP contribution in [0.1, 0.15) is 37.7 Å². The number of rotatable bonds is 6. The van der Waals surface area contributed by atoms with Gasteiger partial charge in [0.05, 0.1) is 11.3 Å². The molecule has 1 heterocycles. The molecule has 23 heavy (non-hydrogen) atoms. The zero-order valence-corrected chi connectivity index (χ0v) is 13.2. The fraction of sp³-hybridized carbons (Fsp3) is 0.529. The number of amides is 1. The molecular formula is C17H22FNO4. The minimum Gasteiger partial charge on any atom is -0.481 e. The minimum absolute atomic E-state index is 0.0855. The van der Waals surface area contributed by atoms with Crippen LogP contribution in [0.3, 0.4) is 0 Å². The van der Waals surface area contributed by atoms with Crippen molar-refractivity contribution in [2.45, 2.75) is 32.1 Å².